The van der Waals surface area contributed by atoms with E-state index in [1.807, 2.05) is 23.1 Å². The van der Waals surface area contributed by atoms with E-state index in [9.17, 15) is 4.79 Å². The van der Waals surface area contributed by atoms with Gasteiger partial charge in [-0.25, -0.2) is 0 Å². The van der Waals surface area contributed by atoms with Crippen molar-refractivity contribution in [2.75, 3.05) is 65.4 Å². The van der Waals surface area contributed by atoms with Crippen molar-refractivity contribution >= 4 is 41.5 Å². The van der Waals surface area contributed by atoms with E-state index in [-0.39, 0.29) is 29.9 Å². The summed E-state index contributed by atoms with van der Waals surface area (Å²) < 4.78 is 5.08. The van der Waals surface area contributed by atoms with Gasteiger partial charge in [-0.1, -0.05) is 18.2 Å². The third-order valence-electron chi connectivity index (χ3n) is 4.95. The van der Waals surface area contributed by atoms with Gasteiger partial charge < -0.3 is 25.2 Å². The van der Waals surface area contributed by atoms with Gasteiger partial charge >= 0.3 is 0 Å². The number of aliphatic imine (C=N–C) groups is 1. The monoisotopic (exact) mass is 517 g/mol. The number of hydrogen-bond donors (Lipinski definition) is 2. The first-order valence-corrected chi connectivity index (χ1v) is 10.2. The maximum absolute atomic E-state index is 12.5. The summed E-state index contributed by atoms with van der Waals surface area (Å²) in [6.45, 7) is 5.10. The minimum atomic E-state index is 0. The Morgan fingerprint density at radius 1 is 1.21 bits per heavy atom. The molecule has 1 aromatic carbocycles. The van der Waals surface area contributed by atoms with Gasteiger partial charge in [0.25, 0.3) is 0 Å². The molecule has 7 nitrogen and oxygen atoms in total. The molecule has 0 aliphatic carbocycles. The molecule has 0 spiro atoms. The number of hydrogen-bond acceptors (Lipinski definition) is 4. The second kappa shape index (κ2) is 14.6. The lowest BCUT2D eigenvalue weighted by molar-refractivity contribution is -0.118. The van der Waals surface area contributed by atoms with Crippen LogP contribution in [-0.2, 0) is 16.0 Å². The van der Waals surface area contributed by atoms with Crippen molar-refractivity contribution in [3.63, 3.8) is 0 Å². The summed E-state index contributed by atoms with van der Waals surface area (Å²) in [5.74, 6) is 0.983. The van der Waals surface area contributed by atoms with Crippen molar-refractivity contribution in [1.82, 2.24) is 15.5 Å². The molecule has 0 saturated carbocycles. The van der Waals surface area contributed by atoms with Gasteiger partial charge in [-0.3, -0.25) is 9.79 Å². The predicted octanol–water partition coefficient (Wildman–Crippen LogP) is 2.11. The van der Waals surface area contributed by atoms with Gasteiger partial charge in [0.1, 0.15) is 0 Å². The van der Waals surface area contributed by atoms with Crippen LogP contribution in [0.4, 0.5) is 5.69 Å². The maximum atomic E-state index is 12.5. The number of anilines is 1. The minimum Gasteiger partial charge on any atom is -0.385 e. The first-order valence-electron chi connectivity index (χ1n) is 10.2. The number of benzene rings is 1. The van der Waals surface area contributed by atoms with Crippen molar-refractivity contribution in [3.8, 4) is 0 Å². The van der Waals surface area contributed by atoms with E-state index in [0.717, 1.165) is 70.2 Å². The van der Waals surface area contributed by atoms with Crippen molar-refractivity contribution in [3.05, 3.63) is 29.8 Å². The number of methoxy groups -OCH3 is 1. The summed E-state index contributed by atoms with van der Waals surface area (Å²) in [5, 5.41) is 6.61. The predicted molar refractivity (Wildman–Crippen MR) is 131 cm³/mol. The molecule has 29 heavy (non-hydrogen) atoms. The number of carbonyl (C=O) groups is 1. The van der Waals surface area contributed by atoms with Crippen LogP contribution in [0.15, 0.2) is 29.3 Å². The summed E-state index contributed by atoms with van der Waals surface area (Å²) >= 11 is 0. The zero-order valence-corrected chi connectivity index (χ0v) is 20.3. The molecule has 0 bridgehead atoms. The number of halogens is 1. The highest BCUT2D eigenvalue weighted by atomic mass is 127. The molecule has 0 atom stereocenters. The fourth-order valence-electron chi connectivity index (χ4n) is 3.36. The number of rotatable bonds is 11. The fourth-order valence-corrected chi connectivity index (χ4v) is 3.36. The number of carbonyl (C=O) groups excluding carboxylic acids is 1. The molecule has 0 radical (unpaired) electrons. The molecule has 1 amide bonds. The molecule has 0 fully saturated rings. The molecule has 1 aliphatic rings. The molecule has 2 rings (SSSR count). The molecule has 0 unspecified atom stereocenters. The van der Waals surface area contributed by atoms with Crippen LogP contribution in [-0.4, -0.2) is 77.3 Å². The topological polar surface area (TPSA) is 69.2 Å². The van der Waals surface area contributed by atoms with Gasteiger partial charge in [0, 0.05) is 65.6 Å². The van der Waals surface area contributed by atoms with Gasteiger partial charge in [0.05, 0.1) is 0 Å². The molecule has 0 saturated heterocycles. The Hall–Kier alpha value is -1.39. The molecular formula is C21H36IN5O2. The average molecular weight is 517 g/mol. The minimum absolute atomic E-state index is 0. The van der Waals surface area contributed by atoms with E-state index in [1.54, 1.807) is 14.2 Å². The highest BCUT2D eigenvalue weighted by Crippen LogP contribution is 2.27. The summed E-state index contributed by atoms with van der Waals surface area (Å²) in [4.78, 5) is 20.9. The number of guanidine groups is 1. The molecular weight excluding hydrogens is 481 g/mol. The molecule has 0 aromatic heterocycles. The number of likely N-dealkylation sites (N-methyl/N-ethyl adjacent to an activating group) is 1. The van der Waals surface area contributed by atoms with Crippen LogP contribution in [0, 0.1) is 0 Å². The molecule has 8 heteroatoms. The quantitative estimate of drug-likeness (QED) is 0.204. The van der Waals surface area contributed by atoms with Gasteiger partial charge in [-0.05, 0) is 37.9 Å². The van der Waals surface area contributed by atoms with E-state index in [4.69, 9.17) is 4.74 Å². The first kappa shape index (κ1) is 25.6. The van der Waals surface area contributed by atoms with Gasteiger partial charge in [0.15, 0.2) is 5.96 Å². The van der Waals surface area contributed by atoms with Crippen molar-refractivity contribution in [2.24, 2.45) is 4.99 Å². The van der Waals surface area contributed by atoms with Crippen LogP contribution >= 0.6 is 24.0 Å². The summed E-state index contributed by atoms with van der Waals surface area (Å²) in [6.07, 6.45) is 3.32. The summed E-state index contributed by atoms with van der Waals surface area (Å²) in [5.41, 5.74) is 2.35. The standard InChI is InChI=1S/C21H35N5O2.HI/c1-22-21(24-13-16-25(2)14-7-17-28-3)23-12-6-10-20(27)26-15-11-18-8-4-5-9-19(18)26;/h4-5,8-9H,6-7,10-17H2,1-3H3,(H2,22,23,24);1H. The largest absolute Gasteiger partial charge is 0.385 e. The highest BCUT2D eigenvalue weighted by molar-refractivity contribution is 14.0. The lowest BCUT2D eigenvalue weighted by Gasteiger charge is -2.19. The summed E-state index contributed by atoms with van der Waals surface area (Å²) in [7, 11) is 5.61. The van der Waals surface area contributed by atoms with Crippen LogP contribution in [0.3, 0.4) is 0 Å². The van der Waals surface area contributed by atoms with E-state index >= 15 is 0 Å². The van der Waals surface area contributed by atoms with Crippen LogP contribution in [0.2, 0.25) is 0 Å². The van der Waals surface area contributed by atoms with Crippen LogP contribution in [0.5, 0.6) is 0 Å². The number of nitrogens with one attached hydrogen (secondary N) is 2. The summed E-state index contributed by atoms with van der Waals surface area (Å²) in [6, 6.07) is 8.18. The maximum Gasteiger partial charge on any atom is 0.227 e. The van der Waals surface area contributed by atoms with Crippen LogP contribution in [0.1, 0.15) is 24.8 Å². The Morgan fingerprint density at radius 3 is 2.72 bits per heavy atom. The Labute approximate surface area is 192 Å². The second-order valence-electron chi connectivity index (χ2n) is 7.10. The zero-order valence-electron chi connectivity index (χ0n) is 17.9. The molecule has 164 valence electrons. The Balaban J connectivity index is 0.00000420. The van der Waals surface area contributed by atoms with E-state index in [1.165, 1.54) is 5.56 Å². The lowest BCUT2D eigenvalue weighted by atomic mass is 10.2. The Morgan fingerprint density at radius 2 is 1.97 bits per heavy atom. The van der Waals surface area contributed by atoms with E-state index in [2.05, 4.69) is 33.6 Å². The third kappa shape index (κ3) is 8.88. The molecule has 1 aliphatic heterocycles. The van der Waals surface area contributed by atoms with Gasteiger partial charge in [-0.2, -0.15) is 0 Å². The first-order chi connectivity index (χ1) is 13.7. The highest BCUT2D eigenvalue weighted by Gasteiger charge is 2.23. The van der Waals surface area contributed by atoms with Crippen molar-refractivity contribution in [2.45, 2.75) is 25.7 Å². The third-order valence-corrected chi connectivity index (χ3v) is 4.95. The van der Waals surface area contributed by atoms with Crippen LogP contribution < -0.4 is 15.5 Å². The van der Waals surface area contributed by atoms with Crippen molar-refractivity contribution < 1.29 is 9.53 Å². The number of ether oxygens (including phenoxy) is 1. The van der Waals surface area contributed by atoms with Gasteiger partial charge in [0.2, 0.25) is 5.91 Å². The normalized spacial score (nSPS) is 13.2. The molecule has 2 N–H and O–H groups in total. The molecule has 1 aromatic rings. The smallest absolute Gasteiger partial charge is 0.227 e. The zero-order chi connectivity index (χ0) is 20.2. The second-order valence-corrected chi connectivity index (χ2v) is 7.10. The molecule has 1 heterocycles. The van der Waals surface area contributed by atoms with Gasteiger partial charge in [-0.15, -0.1) is 24.0 Å². The van der Waals surface area contributed by atoms with Crippen molar-refractivity contribution in [1.29, 1.82) is 0 Å². The number of nitrogens with zero attached hydrogens (tertiary/aromatic N) is 3. The fraction of sp³-hybridized carbons (Fsp3) is 0.619. The van der Waals surface area contributed by atoms with E-state index in [0.29, 0.717) is 6.42 Å². The average Bonchev–Trinajstić information content (AvgIpc) is 3.14. The number of amides is 1. The SMILES string of the molecule is CN=C(NCCCC(=O)N1CCc2ccccc21)NCCN(C)CCCOC.I. The Bertz CT molecular complexity index is 641. The number of para-hydroxylation sites is 1. The lowest BCUT2D eigenvalue weighted by Crippen LogP contribution is -2.41. The van der Waals surface area contributed by atoms with E-state index < -0.39 is 0 Å². The number of fused-ring (bicyclic) bond motifs is 1. The Kier molecular flexibility index (Phi) is 12.9. The van der Waals surface area contributed by atoms with Crippen LogP contribution in [0.25, 0.3) is 0 Å².